The highest BCUT2D eigenvalue weighted by molar-refractivity contribution is 6.31. The van der Waals surface area contributed by atoms with Crippen LogP contribution in [-0.2, 0) is 4.79 Å². The van der Waals surface area contributed by atoms with Gasteiger partial charge in [-0.25, -0.2) is 9.40 Å². The standard InChI is InChI=1S/C19H15ClFN3O3/c20-13-9-12(5-6-14(13)21)22-11-19(25)24-16(18-4-2-8-27-18)10-15(23-24)17-3-1-7-26-17/h1-9,16,22H,10-11H2. The molecule has 27 heavy (non-hydrogen) atoms. The third-order valence-corrected chi connectivity index (χ3v) is 4.50. The van der Waals surface area contributed by atoms with Gasteiger partial charge in [0.2, 0.25) is 0 Å². The number of carbonyl (C=O) groups excluding carboxylic acids is 1. The Balaban J connectivity index is 1.52. The Hall–Kier alpha value is -3.06. The average Bonchev–Trinajstić information content (AvgIpc) is 3.41. The molecule has 3 heterocycles. The molecule has 0 saturated carbocycles. The van der Waals surface area contributed by atoms with Crippen molar-refractivity contribution < 1.29 is 18.0 Å². The molecular weight excluding hydrogens is 373 g/mol. The van der Waals surface area contributed by atoms with Gasteiger partial charge in [0.1, 0.15) is 29.1 Å². The van der Waals surface area contributed by atoms with Crippen molar-refractivity contribution >= 4 is 28.9 Å². The van der Waals surface area contributed by atoms with E-state index >= 15 is 0 Å². The van der Waals surface area contributed by atoms with Gasteiger partial charge in [-0.3, -0.25) is 4.79 Å². The number of hydrazone groups is 1. The number of nitrogens with zero attached hydrogens (tertiary/aromatic N) is 2. The number of amides is 1. The number of halogens is 2. The summed E-state index contributed by atoms with van der Waals surface area (Å²) in [6.45, 7) is -0.0336. The molecule has 138 valence electrons. The van der Waals surface area contributed by atoms with E-state index in [2.05, 4.69) is 10.4 Å². The van der Waals surface area contributed by atoms with Gasteiger partial charge in [-0.05, 0) is 42.5 Å². The zero-order chi connectivity index (χ0) is 18.8. The van der Waals surface area contributed by atoms with Gasteiger partial charge in [0.05, 0.1) is 24.1 Å². The summed E-state index contributed by atoms with van der Waals surface area (Å²) >= 11 is 5.77. The average molecular weight is 388 g/mol. The summed E-state index contributed by atoms with van der Waals surface area (Å²) in [4.78, 5) is 12.8. The SMILES string of the molecule is O=C(CNc1ccc(F)c(Cl)c1)N1N=C(c2ccco2)CC1c1ccco1. The highest BCUT2D eigenvalue weighted by Crippen LogP contribution is 2.33. The number of hydrogen-bond donors (Lipinski definition) is 1. The van der Waals surface area contributed by atoms with Crippen LogP contribution >= 0.6 is 11.6 Å². The van der Waals surface area contributed by atoms with Crippen LogP contribution in [0, 0.1) is 5.82 Å². The largest absolute Gasteiger partial charge is 0.467 e. The second-order valence-corrected chi connectivity index (χ2v) is 6.39. The van der Waals surface area contributed by atoms with E-state index in [1.807, 2.05) is 0 Å². The Morgan fingerprint density at radius 2 is 2.07 bits per heavy atom. The van der Waals surface area contributed by atoms with Crippen LogP contribution in [0.15, 0.2) is 68.9 Å². The zero-order valence-corrected chi connectivity index (χ0v) is 14.8. The quantitative estimate of drug-likeness (QED) is 0.701. The van der Waals surface area contributed by atoms with Gasteiger partial charge < -0.3 is 14.2 Å². The maximum Gasteiger partial charge on any atom is 0.262 e. The van der Waals surface area contributed by atoms with E-state index in [0.29, 0.717) is 29.3 Å². The lowest BCUT2D eigenvalue weighted by Crippen LogP contribution is -2.32. The fourth-order valence-corrected chi connectivity index (χ4v) is 3.08. The highest BCUT2D eigenvalue weighted by Gasteiger charge is 2.35. The molecule has 1 unspecified atom stereocenters. The van der Waals surface area contributed by atoms with Gasteiger partial charge in [0.15, 0.2) is 0 Å². The van der Waals surface area contributed by atoms with Crippen molar-refractivity contribution in [1.82, 2.24) is 5.01 Å². The smallest absolute Gasteiger partial charge is 0.262 e. The Bertz CT molecular complexity index is 970. The molecule has 1 aromatic carbocycles. The molecule has 0 bridgehead atoms. The molecule has 0 aliphatic carbocycles. The van der Waals surface area contributed by atoms with E-state index < -0.39 is 5.82 Å². The normalized spacial score (nSPS) is 16.4. The Labute approximate surface area is 159 Å². The first-order chi connectivity index (χ1) is 13.1. The molecule has 3 aromatic rings. The van der Waals surface area contributed by atoms with Gasteiger partial charge in [-0.2, -0.15) is 5.10 Å². The lowest BCUT2D eigenvalue weighted by atomic mass is 10.1. The minimum Gasteiger partial charge on any atom is -0.467 e. The van der Waals surface area contributed by atoms with Crippen molar-refractivity contribution in [2.24, 2.45) is 5.10 Å². The van der Waals surface area contributed by atoms with Crippen LogP contribution < -0.4 is 5.32 Å². The molecule has 0 saturated heterocycles. The third kappa shape index (κ3) is 3.59. The van der Waals surface area contributed by atoms with Crippen molar-refractivity contribution in [3.63, 3.8) is 0 Å². The van der Waals surface area contributed by atoms with E-state index in [0.717, 1.165) is 0 Å². The van der Waals surface area contributed by atoms with Crippen LogP contribution in [0.25, 0.3) is 0 Å². The number of anilines is 1. The highest BCUT2D eigenvalue weighted by atomic mass is 35.5. The maximum atomic E-state index is 13.3. The monoisotopic (exact) mass is 387 g/mol. The van der Waals surface area contributed by atoms with Crippen LogP contribution in [0.1, 0.15) is 24.0 Å². The van der Waals surface area contributed by atoms with Crippen LogP contribution in [0.4, 0.5) is 10.1 Å². The summed E-state index contributed by atoms with van der Waals surface area (Å²) < 4.78 is 24.1. The minimum absolute atomic E-state index is 0.0137. The molecule has 1 aliphatic heterocycles. The summed E-state index contributed by atoms with van der Waals surface area (Å²) in [5, 5.41) is 8.74. The summed E-state index contributed by atoms with van der Waals surface area (Å²) in [5.41, 5.74) is 1.21. The number of benzene rings is 1. The summed E-state index contributed by atoms with van der Waals surface area (Å²) in [5.74, 6) is 0.468. The molecule has 1 N–H and O–H groups in total. The van der Waals surface area contributed by atoms with Gasteiger partial charge in [-0.1, -0.05) is 11.6 Å². The van der Waals surface area contributed by atoms with Crippen molar-refractivity contribution in [2.45, 2.75) is 12.5 Å². The summed E-state index contributed by atoms with van der Waals surface area (Å²) in [6, 6.07) is 11.0. The lowest BCUT2D eigenvalue weighted by Gasteiger charge is -2.20. The molecular formula is C19H15ClFN3O3. The first-order valence-electron chi connectivity index (χ1n) is 8.27. The van der Waals surface area contributed by atoms with Crippen molar-refractivity contribution in [3.05, 3.63) is 77.4 Å². The number of furan rings is 2. The molecule has 1 atom stereocenters. The fraction of sp³-hybridized carbons (Fsp3) is 0.158. The molecule has 0 spiro atoms. The Kier molecular flexibility index (Phi) is 4.68. The third-order valence-electron chi connectivity index (χ3n) is 4.21. The second-order valence-electron chi connectivity index (χ2n) is 5.98. The fourth-order valence-electron chi connectivity index (χ4n) is 2.90. The maximum absolute atomic E-state index is 13.3. The molecule has 1 aliphatic rings. The Morgan fingerprint density at radius 1 is 1.26 bits per heavy atom. The van der Waals surface area contributed by atoms with E-state index in [1.54, 1.807) is 36.8 Å². The first kappa shape index (κ1) is 17.4. The van der Waals surface area contributed by atoms with Crippen LogP contribution in [0.3, 0.4) is 0 Å². The first-order valence-corrected chi connectivity index (χ1v) is 8.65. The number of carbonyl (C=O) groups is 1. The van der Waals surface area contributed by atoms with E-state index in [-0.39, 0.29) is 23.5 Å². The van der Waals surface area contributed by atoms with Gasteiger partial charge in [-0.15, -0.1) is 0 Å². The summed E-state index contributed by atoms with van der Waals surface area (Å²) in [7, 11) is 0. The van der Waals surface area contributed by atoms with Crippen LogP contribution in [-0.4, -0.2) is 23.2 Å². The topological polar surface area (TPSA) is 71.0 Å². The number of rotatable bonds is 5. The van der Waals surface area contributed by atoms with Crippen molar-refractivity contribution in [1.29, 1.82) is 0 Å². The Morgan fingerprint density at radius 3 is 2.78 bits per heavy atom. The van der Waals surface area contributed by atoms with Gasteiger partial charge in [0, 0.05) is 12.1 Å². The van der Waals surface area contributed by atoms with E-state index in [9.17, 15) is 9.18 Å². The van der Waals surface area contributed by atoms with Crippen molar-refractivity contribution in [3.8, 4) is 0 Å². The number of nitrogens with one attached hydrogen (secondary N) is 1. The molecule has 8 heteroatoms. The molecule has 0 radical (unpaired) electrons. The van der Waals surface area contributed by atoms with Gasteiger partial charge in [0.25, 0.3) is 5.91 Å². The molecule has 6 nitrogen and oxygen atoms in total. The molecule has 4 rings (SSSR count). The molecule has 0 fully saturated rings. The minimum atomic E-state index is -0.515. The van der Waals surface area contributed by atoms with E-state index in [4.69, 9.17) is 20.4 Å². The molecule has 2 aromatic heterocycles. The predicted molar refractivity (Wildman–Crippen MR) is 98.1 cm³/mol. The van der Waals surface area contributed by atoms with Crippen molar-refractivity contribution in [2.75, 3.05) is 11.9 Å². The zero-order valence-electron chi connectivity index (χ0n) is 14.1. The molecule has 1 amide bonds. The summed E-state index contributed by atoms with van der Waals surface area (Å²) in [6.07, 6.45) is 3.60. The predicted octanol–water partition coefficient (Wildman–Crippen LogP) is 4.45. The second kappa shape index (κ2) is 7.28. The van der Waals surface area contributed by atoms with Gasteiger partial charge >= 0.3 is 0 Å². The number of hydrogen-bond acceptors (Lipinski definition) is 5. The van der Waals surface area contributed by atoms with Crippen LogP contribution in [0.5, 0.6) is 0 Å². The van der Waals surface area contributed by atoms with Crippen LogP contribution in [0.2, 0.25) is 5.02 Å². The van der Waals surface area contributed by atoms with E-state index in [1.165, 1.54) is 23.2 Å². The lowest BCUT2D eigenvalue weighted by molar-refractivity contribution is -0.131.